The summed E-state index contributed by atoms with van der Waals surface area (Å²) in [7, 11) is 0. The van der Waals surface area contributed by atoms with E-state index in [9.17, 15) is 18.8 Å². The van der Waals surface area contributed by atoms with Gasteiger partial charge in [-0.2, -0.15) is 0 Å². The normalized spacial score (nSPS) is 13.8. The summed E-state index contributed by atoms with van der Waals surface area (Å²) in [5.41, 5.74) is 2.09. The molecule has 29 heavy (non-hydrogen) atoms. The molecule has 1 heterocycles. The molecular formula is C22H24FN3O3. The van der Waals surface area contributed by atoms with Gasteiger partial charge >= 0.3 is 0 Å². The number of hydrogen-bond donors (Lipinski definition) is 2. The molecule has 0 bridgehead atoms. The Hall–Kier alpha value is -3.22. The summed E-state index contributed by atoms with van der Waals surface area (Å²) in [5, 5.41) is 5.27. The van der Waals surface area contributed by atoms with Gasteiger partial charge in [0.25, 0.3) is 0 Å². The second-order valence-electron chi connectivity index (χ2n) is 7.10. The van der Waals surface area contributed by atoms with E-state index in [1.165, 1.54) is 18.2 Å². The van der Waals surface area contributed by atoms with Crippen molar-refractivity contribution in [3.63, 3.8) is 0 Å². The van der Waals surface area contributed by atoms with Crippen molar-refractivity contribution in [3.05, 3.63) is 65.5 Å². The van der Waals surface area contributed by atoms with Crippen LogP contribution in [-0.4, -0.2) is 35.7 Å². The fourth-order valence-corrected chi connectivity index (χ4v) is 3.28. The Morgan fingerprint density at radius 3 is 2.59 bits per heavy atom. The highest BCUT2D eigenvalue weighted by Gasteiger charge is 2.18. The summed E-state index contributed by atoms with van der Waals surface area (Å²) in [6.45, 7) is 1.10. The van der Waals surface area contributed by atoms with Crippen molar-refractivity contribution in [1.29, 1.82) is 0 Å². The van der Waals surface area contributed by atoms with Crippen molar-refractivity contribution in [1.82, 2.24) is 10.2 Å². The summed E-state index contributed by atoms with van der Waals surface area (Å²) in [6.07, 6.45) is 2.55. The number of benzene rings is 2. The van der Waals surface area contributed by atoms with Crippen LogP contribution in [0.15, 0.2) is 48.5 Å². The SMILES string of the molecule is O=C(Cc1cccc(F)c1)NCC(=O)Nc1cccc(CN2CCCCC2=O)c1. The molecule has 0 spiro atoms. The van der Waals surface area contributed by atoms with Gasteiger partial charge in [-0.15, -0.1) is 0 Å². The maximum absolute atomic E-state index is 13.2. The van der Waals surface area contributed by atoms with Crippen LogP contribution >= 0.6 is 0 Å². The Morgan fingerprint density at radius 1 is 1.00 bits per heavy atom. The monoisotopic (exact) mass is 397 g/mol. The average molecular weight is 397 g/mol. The van der Waals surface area contributed by atoms with Crippen molar-refractivity contribution in [2.24, 2.45) is 0 Å². The van der Waals surface area contributed by atoms with E-state index in [1.54, 1.807) is 12.1 Å². The minimum absolute atomic E-state index is 0.00435. The van der Waals surface area contributed by atoms with Gasteiger partial charge in [0.2, 0.25) is 17.7 Å². The quantitative estimate of drug-likeness (QED) is 0.754. The molecule has 3 rings (SSSR count). The molecule has 0 saturated carbocycles. The largest absolute Gasteiger partial charge is 0.347 e. The molecule has 1 aliphatic rings. The first-order chi connectivity index (χ1) is 14.0. The predicted molar refractivity (Wildman–Crippen MR) is 107 cm³/mol. The molecule has 3 amide bonds. The zero-order valence-corrected chi connectivity index (χ0v) is 16.1. The highest BCUT2D eigenvalue weighted by Crippen LogP contribution is 2.17. The number of carbonyl (C=O) groups is 3. The smallest absolute Gasteiger partial charge is 0.243 e. The molecule has 2 aromatic rings. The van der Waals surface area contributed by atoms with Gasteiger partial charge in [0.15, 0.2) is 0 Å². The average Bonchev–Trinajstić information content (AvgIpc) is 2.69. The second kappa shape index (κ2) is 9.82. The van der Waals surface area contributed by atoms with Gasteiger partial charge in [-0.25, -0.2) is 4.39 Å². The fraction of sp³-hybridized carbons (Fsp3) is 0.318. The number of halogens is 1. The lowest BCUT2D eigenvalue weighted by Gasteiger charge is -2.26. The van der Waals surface area contributed by atoms with Crippen molar-refractivity contribution in [2.75, 3.05) is 18.4 Å². The van der Waals surface area contributed by atoms with Crippen LogP contribution in [-0.2, 0) is 27.3 Å². The molecule has 2 aromatic carbocycles. The van der Waals surface area contributed by atoms with Gasteiger partial charge in [-0.1, -0.05) is 24.3 Å². The molecule has 6 nitrogen and oxygen atoms in total. The molecule has 1 saturated heterocycles. The molecule has 0 aromatic heterocycles. The lowest BCUT2D eigenvalue weighted by Crippen LogP contribution is -2.34. The Kier molecular flexibility index (Phi) is 6.94. The topological polar surface area (TPSA) is 78.5 Å². The number of nitrogens with one attached hydrogen (secondary N) is 2. The molecule has 0 radical (unpaired) electrons. The Balaban J connectivity index is 1.47. The number of likely N-dealkylation sites (tertiary alicyclic amines) is 1. The van der Waals surface area contributed by atoms with E-state index in [4.69, 9.17) is 0 Å². The number of anilines is 1. The van der Waals surface area contributed by atoms with Crippen molar-refractivity contribution < 1.29 is 18.8 Å². The zero-order chi connectivity index (χ0) is 20.6. The van der Waals surface area contributed by atoms with E-state index in [2.05, 4.69) is 10.6 Å². The number of piperidine rings is 1. The van der Waals surface area contributed by atoms with Gasteiger partial charge in [-0.05, 0) is 48.2 Å². The number of hydrogen-bond acceptors (Lipinski definition) is 3. The minimum Gasteiger partial charge on any atom is -0.347 e. The molecule has 0 unspecified atom stereocenters. The van der Waals surface area contributed by atoms with Crippen LogP contribution in [0.25, 0.3) is 0 Å². The standard InChI is InChI=1S/C22H24FN3O3/c23-18-7-3-5-16(11-18)13-20(27)24-14-21(28)25-19-8-4-6-17(12-19)15-26-10-2-1-9-22(26)29/h3-8,11-12H,1-2,9-10,13-15H2,(H,24,27)(H,25,28). The van der Waals surface area contributed by atoms with Gasteiger partial charge in [-0.3, -0.25) is 14.4 Å². The van der Waals surface area contributed by atoms with Crippen molar-refractivity contribution in [3.8, 4) is 0 Å². The maximum atomic E-state index is 13.2. The molecule has 2 N–H and O–H groups in total. The van der Waals surface area contributed by atoms with Gasteiger partial charge in [0.05, 0.1) is 13.0 Å². The van der Waals surface area contributed by atoms with Crippen LogP contribution in [0.4, 0.5) is 10.1 Å². The van der Waals surface area contributed by atoms with Gasteiger partial charge < -0.3 is 15.5 Å². The van der Waals surface area contributed by atoms with E-state index >= 15 is 0 Å². The third kappa shape index (κ3) is 6.41. The number of nitrogens with zero attached hydrogens (tertiary/aromatic N) is 1. The molecule has 7 heteroatoms. The van der Waals surface area contributed by atoms with Crippen LogP contribution < -0.4 is 10.6 Å². The van der Waals surface area contributed by atoms with Crippen LogP contribution in [0.5, 0.6) is 0 Å². The molecule has 1 fully saturated rings. The van der Waals surface area contributed by atoms with Crippen LogP contribution in [0.2, 0.25) is 0 Å². The molecular weight excluding hydrogens is 373 g/mol. The highest BCUT2D eigenvalue weighted by atomic mass is 19.1. The van der Waals surface area contributed by atoms with E-state index in [1.807, 2.05) is 23.1 Å². The third-order valence-electron chi connectivity index (χ3n) is 4.71. The summed E-state index contributed by atoms with van der Waals surface area (Å²) in [5.74, 6) is -0.960. The number of amides is 3. The van der Waals surface area contributed by atoms with Crippen LogP contribution in [0, 0.1) is 5.82 Å². The lowest BCUT2D eigenvalue weighted by molar-refractivity contribution is -0.133. The Bertz CT molecular complexity index is 900. The van der Waals surface area contributed by atoms with Gasteiger partial charge in [0, 0.05) is 25.2 Å². The van der Waals surface area contributed by atoms with Crippen molar-refractivity contribution >= 4 is 23.4 Å². The van der Waals surface area contributed by atoms with E-state index in [-0.39, 0.29) is 30.7 Å². The predicted octanol–water partition coefficient (Wildman–Crippen LogP) is 2.64. The summed E-state index contributed by atoms with van der Waals surface area (Å²) < 4.78 is 13.2. The number of carbonyl (C=O) groups excluding carboxylic acids is 3. The summed E-state index contributed by atoms with van der Waals surface area (Å²) in [4.78, 5) is 37.8. The van der Waals surface area contributed by atoms with E-state index in [0.717, 1.165) is 24.9 Å². The van der Waals surface area contributed by atoms with Crippen molar-refractivity contribution in [2.45, 2.75) is 32.2 Å². The van der Waals surface area contributed by atoms with E-state index < -0.39 is 5.82 Å². The van der Waals surface area contributed by atoms with E-state index in [0.29, 0.717) is 24.2 Å². The molecule has 0 atom stereocenters. The molecule has 0 aliphatic carbocycles. The van der Waals surface area contributed by atoms with Crippen LogP contribution in [0.3, 0.4) is 0 Å². The second-order valence-corrected chi connectivity index (χ2v) is 7.10. The fourth-order valence-electron chi connectivity index (χ4n) is 3.28. The van der Waals surface area contributed by atoms with Gasteiger partial charge in [0.1, 0.15) is 5.82 Å². The lowest BCUT2D eigenvalue weighted by atomic mass is 10.1. The zero-order valence-electron chi connectivity index (χ0n) is 16.1. The highest BCUT2D eigenvalue weighted by molar-refractivity contribution is 5.94. The number of rotatable bonds is 7. The van der Waals surface area contributed by atoms with Crippen LogP contribution in [0.1, 0.15) is 30.4 Å². The maximum Gasteiger partial charge on any atom is 0.243 e. The Morgan fingerprint density at radius 2 is 1.79 bits per heavy atom. The molecule has 1 aliphatic heterocycles. The summed E-state index contributed by atoms with van der Waals surface area (Å²) in [6, 6.07) is 13.1. The first-order valence-electron chi connectivity index (χ1n) is 9.67. The minimum atomic E-state index is -0.404. The Labute approximate surface area is 169 Å². The first-order valence-corrected chi connectivity index (χ1v) is 9.67. The summed E-state index contributed by atoms with van der Waals surface area (Å²) >= 11 is 0. The third-order valence-corrected chi connectivity index (χ3v) is 4.71. The first kappa shape index (κ1) is 20.5. The molecule has 152 valence electrons.